The minimum atomic E-state index is -4.00. The molecule has 0 radical (unpaired) electrons. The van der Waals surface area contributed by atoms with Gasteiger partial charge in [-0.2, -0.15) is 0 Å². The highest BCUT2D eigenvalue weighted by Crippen LogP contribution is 2.27. The van der Waals surface area contributed by atoms with Gasteiger partial charge in [0.15, 0.2) is 19.7 Å². The monoisotopic (exact) mass is 490 g/mol. The fourth-order valence-corrected chi connectivity index (χ4v) is 8.84. The van der Waals surface area contributed by atoms with Gasteiger partial charge >= 0.3 is 0 Å². The Morgan fingerprint density at radius 3 is 2.23 bits per heavy atom. The predicted octanol–water partition coefficient (Wildman–Crippen LogP) is 0.553. The Morgan fingerprint density at radius 2 is 1.65 bits per heavy atom. The minimum Gasteiger partial charge on any atom is -0.311 e. The van der Waals surface area contributed by atoms with Gasteiger partial charge in [0, 0.05) is 6.04 Å². The summed E-state index contributed by atoms with van der Waals surface area (Å²) < 4.78 is 86.7. The van der Waals surface area contributed by atoms with E-state index in [-0.39, 0.29) is 27.7 Å². The fraction of sp³-hybridized carbons (Fsp3) is 0.368. The summed E-state index contributed by atoms with van der Waals surface area (Å²) >= 11 is 0. The van der Waals surface area contributed by atoms with Crippen molar-refractivity contribution in [2.75, 3.05) is 18.1 Å². The van der Waals surface area contributed by atoms with E-state index in [1.165, 1.54) is 25.1 Å². The number of aryl methyl sites for hydroxylation is 1. The topological polar surface area (TPSA) is 140 Å². The first kappa shape index (κ1) is 23.8. The number of hydrogen-bond acceptors (Lipinski definition) is 7. The lowest BCUT2D eigenvalue weighted by Crippen LogP contribution is -2.44. The zero-order chi connectivity index (χ0) is 23.0. The molecule has 1 fully saturated rings. The third kappa shape index (κ3) is 5.50. The molecule has 0 aromatic heterocycles. The van der Waals surface area contributed by atoms with E-state index in [1.807, 2.05) is 0 Å². The average molecular weight is 491 g/mol. The number of sulfone groups is 2. The molecule has 12 heteroatoms. The van der Waals surface area contributed by atoms with Crippen molar-refractivity contribution in [1.29, 1.82) is 0 Å². The summed E-state index contributed by atoms with van der Waals surface area (Å²) in [6.07, 6.45) is 0.421. The van der Waals surface area contributed by atoms with Crippen LogP contribution >= 0.6 is 0 Å². The van der Waals surface area contributed by atoms with Crippen LogP contribution in [0.2, 0.25) is 0 Å². The second-order valence-corrected chi connectivity index (χ2v) is 13.5. The van der Waals surface area contributed by atoms with Crippen LogP contribution in [-0.2, 0) is 36.1 Å². The molecule has 0 bridgehead atoms. The summed E-state index contributed by atoms with van der Waals surface area (Å²) in [5.41, 5.74) is 0.934. The highest BCUT2D eigenvalue weighted by Gasteiger charge is 2.45. The first-order valence-electron chi connectivity index (χ1n) is 9.35. The molecule has 2 aromatic carbocycles. The molecule has 3 rings (SSSR count). The average Bonchev–Trinajstić information content (AvgIpc) is 2.99. The lowest BCUT2D eigenvalue weighted by molar-refractivity contribution is 0.528. The number of hydrogen-bond donors (Lipinski definition) is 2. The second-order valence-electron chi connectivity index (χ2n) is 7.57. The maximum Gasteiger partial charge on any atom is 0.238 e. The van der Waals surface area contributed by atoms with Crippen molar-refractivity contribution in [3.63, 3.8) is 0 Å². The number of rotatable bonds is 7. The van der Waals surface area contributed by atoms with Crippen LogP contribution in [0.5, 0.6) is 0 Å². The molecule has 2 aromatic rings. The van der Waals surface area contributed by atoms with Gasteiger partial charge in [-0.15, -0.1) is 0 Å². The van der Waals surface area contributed by atoms with E-state index in [9.17, 15) is 29.6 Å². The van der Waals surface area contributed by atoms with E-state index in [4.69, 9.17) is 5.14 Å². The van der Waals surface area contributed by atoms with Gasteiger partial charge in [0.2, 0.25) is 10.0 Å². The van der Waals surface area contributed by atoms with Crippen molar-refractivity contribution < 1.29 is 29.6 Å². The molecule has 8 nitrogen and oxygen atoms in total. The van der Waals surface area contributed by atoms with Crippen LogP contribution < -0.4 is 10.5 Å². The zero-order valence-corrected chi connectivity index (χ0v) is 19.1. The van der Waals surface area contributed by atoms with Crippen molar-refractivity contribution >= 4 is 29.7 Å². The van der Waals surface area contributed by atoms with Gasteiger partial charge in [-0.1, -0.05) is 12.1 Å². The molecule has 1 aliphatic heterocycles. The molecule has 3 N–H and O–H groups in total. The summed E-state index contributed by atoms with van der Waals surface area (Å²) in [4.78, 5) is -0.134. The Morgan fingerprint density at radius 1 is 1.03 bits per heavy atom. The molecule has 0 amide bonds. The highest BCUT2D eigenvalue weighted by molar-refractivity contribution is 7.96. The molecular weight excluding hydrogens is 467 g/mol. The molecule has 1 aliphatic rings. The van der Waals surface area contributed by atoms with Crippen LogP contribution in [0.1, 0.15) is 11.1 Å². The van der Waals surface area contributed by atoms with E-state index in [1.54, 1.807) is 12.1 Å². The van der Waals surface area contributed by atoms with Gasteiger partial charge in [0.25, 0.3) is 0 Å². The van der Waals surface area contributed by atoms with Crippen LogP contribution in [0.25, 0.3) is 0 Å². The molecule has 0 aliphatic carbocycles. The summed E-state index contributed by atoms with van der Waals surface area (Å²) in [5, 5.41) is 6.88. The fourth-order valence-electron chi connectivity index (χ4n) is 3.53. The van der Waals surface area contributed by atoms with Crippen LogP contribution in [0.15, 0.2) is 52.3 Å². The lowest BCUT2D eigenvalue weighted by Gasteiger charge is -2.20. The molecule has 0 unspecified atom stereocenters. The highest BCUT2D eigenvalue weighted by atomic mass is 32.2. The van der Waals surface area contributed by atoms with Gasteiger partial charge in [0.1, 0.15) is 5.82 Å². The van der Waals surface area contributed by atoms with Crippen LogP contribution in [0.4, 0.5) is 4.39 Å². The molecule has 31 heavy (non-hydrogen) atoms. The van der Waals surface area contributed by atoms with E-state index in [2.05, 4.69) is 5.32 Å². The van der Waals surface area contributed by atoms with E-state index in [0.29, 0.717) is 6.42 Å². The van der Waals surface area contributed by atoms with Crippen molar-refractivity contribution in [2.24, 2.45) is 5.14 Å². The third-order valence-corrected chi connectivity index (χ3v) is 10.3. The Bertz CT molecular complexity index is 1290. The Labute approximate surface area is 181 Å². The predicted molar refractivity (Wildman–Crippen MR) is 114 cm³/mol. The smallest absolute Gasteiger partial charge is 0.238 e. The molecule has 2 atom stereocenters. The largest absolute Gasteiger partial charge is 0.311 e. The Hall–Kier alpha value is -1.86. The van der Waals surface area contributed by atoms with E-state index < -0.39 is 52.6 Å². The first-order chi connectivity index (χ1) is 14.3. The quantitative estimate of drug-likeness (QED) is 0.540. The molecule has 170 valence electrons. The minimum absolute atomic E-state index is 0.0214. The number of nitrogens with two attached hydrogens (primary N) is 1. The Kier molecular flexibility index (Phi) is 6.59. The van der Waals surface area contributed by atoms with E-state index >= 15 is 0 Å². The SMILES string of the molecule is Cc1cc(S(=O)(=O)[C@H]2CS(=O)(=O)C[C@@H]2NCCc2ccc(S(N)(=O)=O)cc2)ccc1F. The Balaban J connectivity index is 1.74. The van der Waals surface area contributed by atoms with E-state index in [0.717, 1.165) is 17.7 Å². The maximum atomic E-state index is 13.5. The maximum absolute atomic E-state index is 13.5. The summed E-state index contributed by atoms with van der Waals surface area (Å²) in [6, 6.07) is 8.50. The standard InChI is InChI=1S/C19H23FN2O6S3/c1-13-10-16(6-7-17(13)20)30(25,26)19-12-29(23,24)11-18(19)22-9-8-14-2-4-15(5-3-14)31(21,27)28/h2-7,10,18-19,22H,8-9,11-12H2,1H3,(H2,21,27,28)/t18-,19-/m0/s1. The van der Waals surface area contributed by atoms with Crippen molar-refractivity contribution in [1.82, 2.24) is 5.32 Å². The normalized spacial score (nSPS) is 21.3. The number of benzene rings is 2. The van der Waals surface area contributed by atoms with Gasteiger partial charge in [0.05, 0.1) is 26.5 Å². The molecular formula is C19H23FN2O6S3. The van der Waals surface area contributed by atoms with Crippen molar-refractivity contribution in [3.8, 4) is 0 Å². The van der Waals surface area contributed by atoms with Crippen LogP contribution in [0.3, 0.4) is 0 Å². The summed E-state index contributed by atoms with van der Waals surface area (Å²) in [5.74, 6) is -1.37. The summed E-state index contributed by atoms with van der Waals surface area (Å²) in [7, 11) is -11.4. The van der Waals surface area contributed by atoms with Gasteiger partial charge < -0.3 is 5.32 Å². The zero-order valence-electron chi connectivity index (χ0n) is 16.7. The number of nitrogens with one attached hydrogen (secondary N) is 1. The number of primary sulfonamides is 1. The number of sulfonamides is 1. The lowest BCUT2D eigenvalue weighted by atomic mass is 10.1. The van der Waals surface area contributed by atoms with Crippen LogP contribution in [0, 0.1) is 12.7 Å². The van der Waals surface area contributed by atoms with Crippen LogP contribution in [-0.4, -0.2) is 54.6 Å². The van der Waals surface area contributed by atoms with Crippen molar-refractivity contribution in [2.45, 2.75) is 34.4 Å². The second kappa shape index (κ2) is 8.58. The van der Waals surface area contributed by atoms with Gasteiger partial charge in [-0.25, -0.2) is 34.8 Å². The van der Waals surface area contributed by atoms with Crippen molar-refractivity contribution in [3.05, 3.63) is 59.4 Å². The summed E-state index contributed by atoms with van der Waals surface area (Å²) in [6.45, 7) is 1.72. The third-order valence-electron chi connectivity index (χ3n) is 5.23. The molecule has 1 heterocycles. The molecule has 0 saturated carbocycles. The first-order valence-corrected chi connectivity index (χ1v) is 14.3. The molecule has 1 saturated heterocycles. The molecule has 0 spiro atoms. The van der Waals surface area contributed by atoms with Gasteiger partial charge in [-0.3, -0.25) is 0 Å². The van der Waals surface area contributed by atoms with Gasteiger partial charge in [-0.05, 0) is 61.3 Å². The number of halogens is 1.